The van der Waals surface area contributed by atoms with Gasteiger partial charge < -0.3 is 10.2 Å². The molecule has 0 saturated heterocycles. The van der Waals surface area contributed by atoms with E-state index in [2.05, 4.69) is 28.8 Å². The predicted molar refractivity (Wildman–Crippen MR) is 110 cm³/mol. The molecular weight excluding hydrogens is 362 g/mol. The monoisotopic (exact) mass is 389 g/mol. The van der Waals surface area contributed by atoms with Gasteiger partial charge in [0.1, 0.15) is 0 Å². The van der Waals surface area contributed by atoms with Gasteiger partial charge in [-0.1, -0.05) is 17.7 Å². The zero-order valence-electron chi connectivity index (χ0n) is 16.2. The van der Waals surface area contributed by atoms with E-state index < -0.39 is 22.0 Å². The number of amides is 1. The number of hydrogen-bond donors (Lipinski definition) is 2. The number of nitrogens with zero attached hydrogens (tertiary/aromatic N) is 1. The third kappa shape index (κ3) is 5.55. The Hall–Kier alpha value is -2.38. The second-order valence-electron chi connectivity index (χ2n) is 6.36. The number of rotatable bonds is 8. The van der Waals surface area contributed by atoms with Crippen molar-refractivity contribution in [3.05, 3.63) is 54.1 Å². The fraction of sp³-hybridized carbons (Fsp3) is 0.350. The van der Waals surface area contributed by atoms with Crippen molar-refractivity contribution in [1.82, 2.24) is 4.72 Å². The SMILES string of the molecule is CCN(CC)c1ccc(NC(=O)C(C)NS(=O)(=O)c2ccc(C)cc2)cc1. The zero-order valence-corrected chi connectivity index (χ0v) is 17.0. The fourth-order valence-corrected chi connectivity index (χ4v) is 3.87. The minimum atomic E-state index is -3.76. The van der Waals surface area contributed by atoms with E-state index in [-0.39, 0.29) is 4.90 Å². The molecule has 2 aromatic carbocycles. The van der Waals surface area contributed by atoms with Crippen molar-refractivity contribution in [3.8, 4) is 0 Å². The first kappa shape index (κ1) is 20.9. The van der Waals surface area contributed by atoms with Crippen LogP contribution in [0.25, 0.3) is 0 Å². The first-order chi connectivity index (χ1) is 12.8. The van der Waals surface area contributed by atoms with E-state index in [4.69, 9.17) is 0 Å². The van der Waals surface area contributed by atoms with Crippen LogP contribution in [0.15, 0.2) is 53.4 Å². The molecule has 7 heteroatoms. The number of nitrogens with one attached hydrogen (secondary N) is 2. The van der Waals surface area contributed by atoms with Crippen molar-refractivity contribution < 1.29 is 13.2 Å². The molecule has 6 nitrogen and oxygen atoms in total. The lowest BCUT2D eigenvalue weighted by Crippen LogP contribution is -2.41. The Morgan fingerprint density at radius 1 is 1.00 bits per heavy atom. The highest BCUT2D eigenvalue weighted by atomic mass is 32.2. The summed E-state index contributed by atoms with van der Waals surface area (Å²) in [5.41, 5.74) is 2.66. The number of benzene rings is 2. The first-order valence-corrected chi connectivity index (χ1v) is 10.5. The Balaban J connectivity index is 2.02. The first-order valence-electron chi connectivity index (χ1n) is 9.01. The van der Waals surface area contributed by atoms with Gasteiger partial charge in [0.05, 0.1) is 10.9 Å². The van der Waals surface area contributed by atoms with E-state index in [9.17, 15) is 13.2 Å². The summed E-state index contributed by atoms with van der Waals surface area (Å²) in [5, 5.41) is 2.74. The normalized spacial score (nSPS) is 12.4. The molecule has 1 amide bonds. The largest absolute Gasteiger partial charge is 0.372 e. The molecule has 1 atom stereocenters. The van der Waals surface area contributed by atoms with E-state index in [0.717, 1.165) is 24.3 Å². The van der Waals surface area contributed by atoms with Crippen LogP contribution < -0.4 is 14.9 Å². The van der Waals surface area contributed by atoms with Gasteiger partial charge in [-0.2, -0.15) is 4.72 Å². The van der Waals surface area contributed by atoms with Crippen molar-refractivity contribution in [1.29, 1.82) is 0 Å². The third-order valence-corrected chi connectivity index (χ3v) is 5.88. The van der Waals surface area contributed by atoms with E-state index in [1.165, 1.54) is 19.1 Å². The molecule has 0 aliphatic rings. The molecule has 0 aliphatic heterocycles. The summed E-state index contributed by atoms with van der Waals surface area (Å²) in [6.45, 7) is 9.37. The van der Waals surface area contributed by atoms with Crippen LogP contribution in [0.4, 0.5) is 11.4 Å². The third-order valence-electron chi connectivity index (χ3n) is 4.32. The van der Waals surface area contributed by atoms with Gasteiger partial charge in [0.2, 0.25) is 15.9 Å². The van der Waals surface area contributed by atoms with Crippen LogP contribution in [-0.2, 0) is 14.8 Å². The molecule has 0 aliphatic carbocycles. The summed E-state index contributed by atoms with van der Waals surface area (Å²) in [6, 6.07) is 13.1. The maximum Gasteiger partial charge on any atom is 0.242 e. The average Bonchev–Trinajstić information content (AvgIpc) is 2.64. The average molecular weight is 390 g/mol. The van der Waals surface area contributed by atoms with Gasteiger partial charge in [-0.15, -0.1) is 0 Å². The van der Waals surface area contributed by atoms with E-state index in [1.807, 2.05) is 31.2 Å². The van der Waals surface area contributed by atoms with E-state index in [0.29, 0.717) is 5.69 Å². The zero-order chi connectivity index (χ0) is 20.0. The number of anilines is 2. The molecule has 0 spiro atoms. The van der Waals surface area contributed by atoms with Crippen LogP contribution in [0.5, 0.6) is 0 Å². The maximum atomic E-state index is 12.4. The molecule has 0 saturated carbocycles. The molecule has 2 aromatic rings. The van der Waals surface area contributed by atoms with Crippen molar-refractivity contribution in [2.45, 2.75) is 38.6 Å². The smallest absolute Gasteiger partial charge is 0.242 e. The Bertz CT molecular complexity index is 858. The summed E-state index contributed by atoms with van der Waals surface area (Å²) in [6.07, 6.45) is 0. The molecule has 0 heterocycles. The number of sulfonamides is 1. The van der Waals surface area contributed by atoms with E-state index in [1.54, 1.807) is 12.1 Å². The Morgan fingerprint density at radius 2 is 1.56 bits per heavy atom. The molecule has 0 radical (unpaired) electrons. The minimum Gasteiger partial charge on any atom is -0.372 e. The molecule has 0 aromatic heterocycles. The van der Waals surface area contributed by atoms with Crippen LogP contribution in [0, 0.1) is 6.92 Å². The highest BCUT2D eigenvalue weighted by Gasteiger charge is 2.22. The summed E-state index contributed by atoms with van der Waals surface area (Å²) < 4.78 is 27.2. The highest BCUT2D eigenvalue weighted by Crippen LogP contribution is 2.18. The van der Waals surface area contributed by atoms with Crippen molar-refractivity contribution in [2.24, 2.45) is 0 Å². The molecule has 2 N–H and O–H groups in total. The molecule has 27 heavy (non-hydrogen) atoms. The van der Waals surface area contributed by atoms with Gasteiger partial charge in [0, 0.05) is 24.5 Å². The van der Waals surface area contributed by atoms with Crippen LogP contribution in [-0.4, -0.2) is 33.5 Å². The summed E-state index contributed by atoms with van der Waals surface area (Å²) in [7, 11) is -3.76. The highest BCUT2D eigenvalue weighted by molar-refractivity contribution is 7.89. The number of aryl methyl sites for hydroxylation is 1. The van der Waals surface area contributed by atoms with Gasteiger partial charge >= 0.3 is 0 Å². The quantitative estimate of drug-likeness (QED) is 0.727. The molecule has 0 bridgehead atoms. The van der Waals surface area contributed by atoms with Crippen molar-refractivity contribution >= 4 is 27.3 Å². The summed E-state index contributed by atoms with van der Waals surface area (Å²) in [5.74, 6) is -0.415. The van der Waals surface area contributed by atoms with Crippen molar-refractivity contribution in [3.63, 3.8) is 0 Å². The minimum absolute atomic E-state index is 0.135. The summed E-state index contributed by atoms with van der Waals surface area (Å²) in [4.78, 5) is 14.7. The Morgan fingerprint density at radius 3 is 2.07 bits per heavy atom. The molecule has 2 rings (SSSR count). The maximum absolute atomic E-state index is 12.4. The number of carbonyl (C=O) groups excluding carboxylic acids is 1. The Labute approximate surface area is 161 Å². The molecular formula is C20H27N3O3S. The standard InChI is InChI=1S/C20H27N3O3S/c1-5-23(6-2)18-11-9-17(10-12-18)21-20(24)16(4)22-27(25,26)19-13-7-15(3)8-14-19/h7-14,16,22H,5-6H2,1-4H3,(H,21,24). The predicted octanol–water partition coefficient (Wildman–Crippen LogP) is 3.15. The number of carbonyl (C=O) groups is 1. The lowest BCUT2D eigenvalue weighted by atomic mass is 10.2. The van der Waals surface area contributed by atoms with Gasteiger partial charge in [0.25, 0.3) is 0 Å². The molecule has 146 valence electrons. The van der Waals surface area contributed by atoms with E-state index >= 15 is 0 Å². The van der Waals surface area contributed by atoms with Crippen molar-refractivity contribution in [2.75, 3.05) is 23.3 Å². The van der Waals surface area contributed by atoms with Crippen LogP contribution in [0.1, 0.15) is 26.3 Å². The fourth-order valence-electron chi connectivity index (χ4n) is 2.67. The lowest BCUT2D eigenvalue weighted by Gasteiger charge is -2.21. The molecule has 1 unspecified atom stereocenters. The van der Waals surface area contributed by atoms with Crippen LogP contribution >= 0.6 is 0 Å². The Kier molecular flexibility index (Phi) is 6.98. The van der Waals surface area contributed by atoms with Gasteiger partial charge in [-0.05, 0) is 64.1 Å². The topological polar surface area (TPSA) is 78.5 Å². The van der Waals surface area contributed by atoms with Gasteiger partial charge in [0.15, 0.2) is 0 Å². The van der Waals surface area contributed by atoms with Crippen LogP contribution in [0.2, 0.25) is 0 Å². The second-order valence-corrected chi connectivity index (χ2v) is 8.08. The second kappa shape index (κ2) is 9.01. The number of hydrogen-bond acceptors (Lipinski definition) is 4. The summed E-state index contributed by atoms with van der Waals surface area (Å²) >= 11 is 0. The van der Waals surface area contributed by atoms with Gasteiger partial charge in [-0.3, -0.25) is 4.79 Å². The lowest BCUT2D eigenvalue weighted by molar-refractivity contribution is -0.117. The van der Waals surface area contributed by atoms with Gasteiger partial charge in [-0.25, -0.2) is 8.42 Å². The van der Waals surface area contributed by atoms with Crippen LogP contribution in [0.3, 0.4) is 0 Å². The molecule has 0 fully saturated rings.